The number of thiophene rings is 1. The Morgan fingerprint density at radius 1 is 1.34 bits per heavy atom. The summed E-state index contributed by atoms with van der Waals surface area (Å²) in [6.45, 7) is 1.86. The normalized spacial score (nSPS) is 14.8. The van der Waals surface area contributed by atoms with Gasteiger partial charge in [0.25, 0.3) is 0 Å². The van der Waals surface area contributed by atoms with Crippen LogP contribution in [0.2, 0.25) is 0 Å². The highest BCUT2D eigenvalue weighted by atomic mass is 127. The van der Waals surface area contributed by atoms with Crippen molar-refractivity contribution in [2.45, 2.75) is 56.1 Å². The average Bonchev–Trinajstić information content (AvgIpc) is 3.47. The topological polar surface area (TPSA) is 58.3 Å². The van der Waals surface area contributed by atoms with Crippen molar-refractivity contribution in [2.24, 2.45) is 4.99 Å². The van der Waals surface area contributed by atoms with Crippen LogP contribution in [0.5, 0.6) is 0 Å². The molecule has 0 radical (unpaired) electrons. The zero-order valence-corrected chi connectivity index (χ0v) is 21.6. The fourth-order valence-corrected chi connectivity index (χ4v) is 5.09. The quantitative estimate of drug-likeness (QED) is 0.165. The van der Waals surface area contributed by atoms with Crippen LogP contribution < -0.4 is 5.32 Å². The number of rotatable bonds is 9. The second-order valence-corrected chi connectivity index (χ2v) is 9.05. The summed E-state index contributed by atoms with van der Waals surface area (Å²) < 4.78 is 2.40. The molecule has 3 rings (SSSR count). The number of aliphatic imine (C=N–C) groups is 1. The van der Waals surface area contributed by atoms with E-state index in [1.165, 1.54) is 30.6 Å². The van der Waals surface area contributed by atoms with Crippen LogP contribution in [-0.4, -0.2) is 59.1 Å². The SMILES string of the molecule is CN=C(NCCCc1nnc(SC)n1C1CCCC1)N(C)CCc1cccs1.I. The maximum atomic E-state index is 4.49. The molecule has 29 heavy (non-hydrogen) atoms. The van der Waals surface area contributed by atoms with Crippen LogP contribution in [0.1, 0.15) is 48.8 Å². The third-order valence-corrected chi connectivity index (χ3v) is 6.89. The van der Waals surface area contributed by atoms with Crippen LogP contribution in [0.3, 0.4) is 0 Å². The predicted molar refractivity (Wildman–Crippen MR) is 135 cm³/mol. The van der Waals surface area contributed by atoms with E-state index >= 15 is 0 Å². The van der Waals surface area contributed by atoms with Gasteiger partial charge in [-0.25, -0.2) is 0 Å². The minimum absolute atomic E-state index is 0. The fraction of sp³-hybridized carbons (Fsp3) is 0.650. The number of hydrogen-bond donors (Lipinski definition) is 1. The molecule has 0 spiro atoms. The van der Waals surface area contributed by atoms with Crippen LogP contribution in [0, 0.1) is 0 Å². The van der Waals surface area contributed by atoms with Gasteiger partial charge in [0.1, 0.15) is 5.82 Å². The highest BCUT2D eigenvalue weighted by Crippen LogP contribution is 2.33. The number of likely N-dealkylation sites (N-methyl/N-ethyl adjacent to an activating group) is 1. The van der Waals surface area contributed by atoms with E-state index in [1.54, 1.807) is 11.8 Å². The molecule has 1 aliphatic carbocycles. The Bertz CT molecular complexity index is 740. The lowest BCUT2D eigenvalue weighted by Crippen LogP contribution is -2.40. The number of thioether (sulfide) groups is 1. The van der Waals surface area contributed by atoms with Crippen molar-refractivity contribution in [3.05, 3.63) is 28.2 Å². The van der Waals surface area contributed by atoms with Gasteiger partial charge in [0.15, 0.2) is 11.1 Å². The van der Waals surface area contributed by atoms with E-state index in [1.807, 2.05) is 18.4 Å². The molecule has 0 atom stereocenters. The van der Waals surface area contributed by atoms with E-state index in [9.17, 15) is 0 Å². The monoisotopic (exact) mass is 548 g/mol. The lowest BCUT2D eigenvalue weighted by molar-refractivity contribution is 0.458. The second kappa shape index (κ2) is 12.8. The number of nitrogens with zero attached hydrogens (tertiary/aromatic N) is 5. The zero-order valence-electron chi connectivity index (χ0n) is 17.6. The van der Waals surface area contributed by atoms with Crippen molar-refractivity contribution >= 4 is 53.0 Å². The van der Waals surface area contributed by atoms with E-state index in [2.05, 4.69) is 60.8 Å². The molecule has 0 unspecified atom stereocenters. The maximum absolute atomic E-state index is 4.49. The number of hydrogen-bond acceptors (Lipinski definition) is 5. The first-order chi connectivity index (χ1) is 13.7. The first-order valence-electron chi connectivity index (χ1n) is 10.1. The smallest absolute Gasteiger partial charge is 0.193 e. The van der Waals surface area contributed by atoms with Gasteiger partial charge < -0.3 is 14.8 Å². The maximum Gasteiger partial charge on any atom is 0.193 e. The number of nitrogens with one attached hydrogen (secondary N) is 1. The van der Waals surface area contributed by atoms with E-state index < -0.39 is 0 Å². The Hall–Kier alpha value is -0.810. The summed E-state index contributed by atoms with van der Waals surface area (Å²) in [6.07, 6.45) is 10.3. The molecule has 1 fully saturated rings. The molecule has 9 heteroatoms. The van der Waals surface area contributed by atoms with Gasteiger partial charge in [-0.2, -0.15) is 0 Å². The lowest BCUT2D eigenvalue weighted by Gasteiger charge is -2.22. The number of aryl methyl sites for hydroxylation is 1. The van der Waals surface area contributed by atoms with Gasteiger partial charge in [0.2, 0.25) is 0 Å². The predicted octanol–water partition coefficient (Wildman–Crippen LogP) is 4.48. The van der Waals surface area contributed by atoms with Crippen LogP contribution >= 0.6 is 47.1 Å². The van der Waals surface area contributed by atoms with Gasteiger partial charge in [-0.15, -0.1) is 45.5 Å². The van der Waals surface area contributed by atoms with Crippen LogP contribution in [-0.2, 0) is 12.8 Å². The van der Waals surface area contributed by atoms with Gasteiger partial charge in [-0.3, -0.25) is 4.99 Å². The largest absolute Gasteiger partial charge is 0.356 e. The van der Waals surface area contributed by atoms with Gasteiger partial charge in [-0.1, -0.05) is 30.7 Å². The van der Waals surface area contributed by atoms with E-state index in [-0.39, 0.29) is 24.0 Å². The molecular weight excluding hydrogens is 515 g/mol. The van der Waals surface area contributed by atoms with Gasteiger partial charge in [0.05, 0.1) is 0 Å². The molecule has 2 aromatic rings. The Morgan fingerprint density at radius 3 is 2.79 bits per heavy atom. The molecule has 2 heterocycles. The molecule has 0 amide bonds. The van der Waals surface area contributed by atoms with Crippen LogP contribution in [0.15, 0.2) is 27.7 Å². The van der Waals surface area contributed by atoms with E-state index in [4.69, 9.17) is 0 Å². The molecule has 0 bridgehead atoms. The molecular formula is C20H33IN6S2. The molecule has 1 N–H and O–H groups in total. The van der Waals surface area contributed by atoms with E-state index in [0.29, 0.717) is 6.04 Å². The van der Waals surface area contributed by atoms with Gasteiger partial charge in [0, 0.05) is 44.5 Å². The molecule has 1 saturated carbocycles. The fourth-order valence-electron chi connectivity index (χ4n) is 3.82. The van der Waals surface area contributed by atoms with Crippen molar-refractivity contribution in [1.82, 2.24) is 25.0 Å². The van der Waals surface area contributed by atoms with Crippen molar-refractivity contribution in [3.63, 3.8) is 0 Å². The Balaban J connectivity index is 0.00000300. The summed E-state index contributed by atoms with van der Waals surface area (Å²) in [5.41, 5.74) is 0. The Morgan fingerprint density at radius 2 is 2.14 bits per heavy atom. The second-order valence-electron chi connectivity index (χ2n) is 7.24. The standard InChI is InChI=1S/C20H32N6S2.HI/c1-21-19(25(2)14-12-17-10-7-15-28-17)22-13-6-11-18-23-24-20(27-3)26(18)16-8-4-5-9-16;/h7,10,15-16H,4-6,8-9,11-14H2,1-3H3,(H,21,22);1H. The van der Waals surface area contributed by atoms with Crippen LogP contribution in [0.25, 0.3) is 0 Å². The van der Waals surface area contributed by atoms with Crippen molar-refractivity contribution in [1.29, 1.82) is 0 Å². The summed E-state index contributed by atoms with van der Waals surface area (Å²) in [4.78, 5) is 8.04. The Labute approximate surface area is 200 Å². The molecule has 2 aromatic heterocycles. The third-order valence-electron chi connectivity index (χ3n) is 5.31. The molecule has 6 nitrogen and oxygen atoms in total. The number of aromatic nitrogens is 3. The van der Waals surface area contributed by atoms with Crippen molar-refractivity contribution < 1.29 is 0 Å². The highest BCUT2D eigenvalue weighted by molar-refractivity contribution is 14.0. The van der Waals surface area contributed by atoms with E-state index in [0.717, 1.165) is 49.3 Å². The summed E-state index contributed by atoms with van der Waals surface area (Å²) >= 11 is 3.52. The molecule has 1 aliphatic rings. The zero-order chi connectivity index (χ0) is 19.8. The van der Waals surface area contributed by atoms with Gasteiger partial charge in [-0.05, 0) is 43.4 Å². The summed E-state index contributed by atoms with van der Waals surface area (Å²) in [6, 6.07) is 4.90. The van der Waals surface area contributed by atoms with Crippen molar-refractivity contribution in [2.75, 3.05) is 33.4 Å². The summed E-state index contributed by atoms with van der Waals surface area (Å²) in [7, 11) is 3.95. The summed E-state index contributed by atoms with van der Waals surface area (Å²) in [5.74, 6) is 2.10. The first-order valence-corrected chi connectivity index (χ1v) is 12.2. The minimum atomic E-state index is 0. The Kier molecular flexibility index (Phi) is 10.8. The first kappa shape index (κ1) is 24.5. The molecule has 0 saturated heterocycles. The molecule has 0 aliphatic heterocycles. The number of guanidine groups is 1. The average molecular weight is 549 g/mol. The number of halogens is 1. The van der Waals surface area contributed by atoms with Gasteiger partial charge >= 0.3 is 0 Å². The third kappa shape index (κ3) is 6.85. The van der Waals surface area contributed by atoms with Crippen molar-refractivity contribution in [3.8, 4) is 0 Å². The minimum Gasteiger partial charge on any atom is -0.356 e. The van der Waals surface area contributed by atoms with Crippen LogP contribution in [0.4, 0.5) is 0 Å². The highest BCUT2D eigenvalue weighted by Gasteiger charge is 2.23. The lowest BCUT2D eigenvalue weighted by atomic mass is 10.2. The summed E-state index contributed by atoms with van der Waals surface area (Å²) in [5, 5.41) is 15.6. The molecule has 162 valence electrons. The molecule has 0 aromatic carbocycles.